The molecule has 2 aromatic heterocycles. The number of para-hydroxylation sites is 1. The summed E-state index contributed by atoms with van der Waals surface area (Å²) in [5.74, 6) is 1.12. The lowest BCUT2D eigenvalue weighted by Crippen LogP contribution is -2.38. The van der Waals surface area contributed by atoms with E-state index in [2.05, 4.69) is 31.9 Å². The minimum absolute atomic E-state index is 0. The summed E-state index contributed by atoms with van der Waals surface area (Å²) in [6, 6.07) is 13.7. The molecule has 0 bridgehead atoms. The van der Waals surface area contributed by atoms with E-state index < -0.39 is 0 Å². The van der Waals surface area contributed by atoms with Crippen LogP contribution in [0.1, 0.15) is 30.3 Å². The van der Waals surface area contributed by atoms with Crippen molar-refractivity contribution < 1.29 is 0 Å². The van der Waals surface area contributed by atoms with Crippen LogP contribution in [-0.2, 0) is 20.0 Å². The van der Waals surface area contributed by atoms with Gasteiger partial charge in [0.2, 0.25) is 0 Å². The van der Waals surface area contributed by atoms with Gasteiger partial charge in [0.15, 0.2) is 5.96 Å². The molecule has 3 aromatic rings. The smallest absolute Gasteiger partial charge is 0.191 e. The van der Waals surface area contributed by atoms with Gasteiger partial charge in [0, 0.05) is 26.3 Å². The average Bonchev–Trinajstić information content (AvgIpc) is 3.32. The molecular formula is C21H28IN9. The van der Waals surface area contributed by atoms with Crippen molar-refractivity contribution in [1.29, 1.82) is 5.26 Å². The number of halogens is 1. The van der Waals surface area contributed by atoms with E-state index in [4.69, 9.17) is 5.73 Å². The third kappa shape index (κ3) is 6.21. The first-order valence-corrected chi connectivity index (χ1v) is 9.96. The molecule has 4 N–H and O–H groups in total. The Morgan fingerprint density at radius 3 is 2.65 bits per heavy atom. The lowest BCUT2D eigenvalue weighted by Gasteiger charge is -2.11. The van der Waals surface area contributed by atoms with Crippen molar-refractivity contribution in [3.63, 3.8) is 0 Å². The summed E-state index contributed by atoms with van der Waals surface area (Å²) in [6.07, 6.45) is 3.19. The van der Waals surface area contributed by atoms with Gasteiger partial charge in [-0.05, 0) is 38.0 Å². The van der Waals surface area contributed by atoms with Crippen LogP contribution in [0.25, 0.3) is 5.69 Å². The first-order chi connectivity index (χ1) is 14.6. The zero-order valence-corrected chi connectivity index (χ0v) is 20.1. The van der Waals surface area contributed by atoms with E-state index in [0.717, 1.165) is 30.3 Å². The molecule has 0 saturated heterocycles. The van der Waals surface area contributed by atoms with Gasteiger partial charge in [0.25, 0.3) is 0 Å². The van der Waals surface area contributed by atoms with Gasteiger partial charge in [-0.25, -0.2) is 9.67 Å². The van der Waals surface area contributed by atoms with E-state index >= 15 is 0 Å². The van der Waals surface area contributed by atoms with Gasteiger partial charge in [0.1, 0.15) is 17.5 Å². The maximum Gasteiger partial charge on any atom is 0.191 e. The topological polar surface area (TPSA) is 122 Å². The number of hydrogen-bond donors (Lipinski definition) is 3. The number of nitrogens with one attached hydrogen (secondary N) is 2. The molecule has 0 unspecified atom stereocenters. The highest BCUT2D eigenvalue weighted by Crippen LogP contribution is 2.21. The van der Waals surface area contributed by atoms with Crippen molar-refractivity contribution in [3.05, 3.63) is 59.5 Å². The average molecular weight is 533 g/mol. The number of aryl methyl sites for hydroxylation is 2. The number of nitrogens with zero attached hydrogens (tertiary/aromatic N) is 6. The highest BCUT2D eigenvalue weighted by Gasteiger charge is 2.16. The fourth-order valence-electron chi connectivity index (χ4n) is 3.06. The molecule has 9 nitrogen and oxygen atoms in total. The molecule has 0 aliphatic rings. The second-order valence-electron chi connectivity index (χ2n) is 6.74. The lowest BCUT2D eigenvalue weighted by molar-refractivity contribution is 0.700. The van der Waals surface area contributed by atoms with E-state index in [-0.39, 0.29) is 24.0 Å². The predicted molar refractivity (Wildman–Crippen MR) is 132 cm³/mol. The Kier molecular flexibility index (Phi) is 9.33. The molecule has 0 fully saturated rings. The van der Waals surface area contributed by atoms with Gasteiger partial charge >= 0.3 is 0 Å². The molecular weight excluding hydrogens is 505 g/mol. The second kappa shape index (κ2) is 11.9. The van der Waals surface area contributed by atoms with Crippen molar-refractivity contribution in [1.82, 2.24) is 30.2 Å². The number of aromatic nitrogens is 4. The minimum atomic E-state index is 0. The van der Waals surface area contributed by atoms with Gasteiger partial charge in [0.05, 0.1) is 23.6 Å². The number of nitriles is 1. The quantitative estimate of drug-likeness (QED) is 0.177. The molecule has 31 heavy (non-hydrogen) atoms. The Balaban J connectivity index is 0.00000341. The monoisotopic (exact) mass is 533 g/mol. The Labute approximate surface area is 199 Å². The van der Waals surface area contributed by atoms with Crippen LogP contribution in [0, 0.1) is 11.3 Å². The Morgan fingerprint density at radius 2 is 2.00 bits per heavy atom. The largest absolute Gasteiger partial charge is 0.382 e. The van der Waals surface area contributed by atoms with E-state index in [9.17, 15) is 5.26 Å². The molecule has 0 aliphatic carbocycles. The van der Waals surface area contributed by atoms with Crippen LogP contribution in [0.5, 0.6) is 0 Å². The highest BCUT2D eigenvalue weighted by atomic mass is 127. The zero-order chi connectivity index (χ0) is 21.3. The predicted octanol–water partition coefficient (Wildman–Crippen LogP) is 2.37. The fourth-order valence-corrected chi connectivity index (χ4v) is 3.06. The lowest BCUT2D eigenvalue weighted by atomic mass is 10.1. The molecule has 2 heterocycles. The van der Waals surface area contributed by atoms with Gasteiger partial charge in [-0.3, -0.25) is 4.68 Å². The standard InChI is InChI=1S/C21H27N9.HI/c1-3-24-21(26-15-17-11-13-27-29(17)2)25-12-7-10-19-18(14-22)20(23)30(28-19)16-8-5-4-6-9-16;/h4-6,8-9,11,13H,3,7,10,12,15,23H2,1-2H3,(H2,24,25,26);1H. The van der Waals surface area contributed by atoms with Crippen molar-refractivity contribution in [2.75, 3.05) is 18.8 Å². The first-order valence-electron chi connectivity index (χ1n) is 9.96. The van der Waals surface area contributed by atoms with Crippen LogP contribution in [0.2, 0.25) is 0 Å². The summed E-state index contributed by atoms with van der Waals surface area (Å²) in [6.45, 7) is 4.04. The second-order valence-corrected chi connectivity index (χ2v) is 6.74. The van der Waals surface area contributed by atoms with Crippen LogP contribution < -0.4 is 16.4 Å². The molecule has 0 radical (unpaired) electrons. The molecule has 0 saturated carbocycles. The number of anilines is 1. The molecule has 0 atom stereocenters. The van der Waals surface area contributed by atoms with Crippen molar-refractivity contribution in [2.24, 2.45) is 12.0 Å². The van der Waals surface area contributed by atoms with Crippen LogP contribution in [0.4, 0.5) is 5.82 Å². The van der Waals surface area contributed by atoms with Crippen LogP contribution in [-0.4, -0.2) is 38.6 Å². The zero-order valence-electron chi connectivity index (χ0n) is 17.7. The van der Waals surface area contributed by atoms with Crippen molar-refractivity contribution in [3.8, 4) is 11.8 Å². The van der Waals surface area contributed by atoms with E-state index in [1.54, 1.807) is 10.9 Å². The van der Waals surface area contributed by atoms with Crippen molar-refractivity contribution >= 4 is 35.8 Å². The van der Waals surface area contributed by atoms with Crippen LogP contribution in [0.3, 0.4) is 0 Å². The molecule has 3 rings (SSSR count). The number of nitrogens with two attached hydrogens (primary N) is 1. The molecule has 1 aromatic carbocycles. The highest BCUT2D eigenvalue weighted by molar-refractivity contribution is 14.0. The summed E-state index contributed by atoms with van der Waals surface area (Å²) < 4.78 is 3.44. The summed E-state index contributed by atoms with van der Waals surface area (Å²) in [5.41, 5.74) is 9.18. The van der Waals surface area contributed by atoms with E-state index in [1.165, 1.54) is 0 Å². The van der Waals surface area contributed by atoms with Gasteiger partial charge in [-0.1, -0.05) is 18.2 Å². The minimum Gasteiger partial charge on any atom is -0.382 e. The normalized spacial score (nSPS) is 10.9. The Hall–Kier alpha value is -3.07. The molecule has 0 aliphatic heterocycles. The number of hydrogen-bond acceptors (Lipinski definition) is 5. The number of benzene rings is 1. The maximum absolute atomic E-state index is 9.52. The van der Waals surface area contributed by atoms with Crippen molar-refractivity contribution in [2.45, 2.75) is 26.3 Å². The molecule has 0 spiro atoms. The first kappa shape index (κ1) is 24.2. The summed E-state index contributed by atoms with van der Waals surface area (Å²) in [5, 5.41) is 24.8. The van der Waals surface area contributed by atoms with Gasteiger partial charge in [-0.2, -0.15) is 15.5 Å². The fraction of sp³-hybridized carbons (Fsp3) is 0.333. The molecule has 164 valence electrons. The van der Waals surface area contributed by atoms with Gasteiger partial charge < -0.3 is 16.4 Å². The number of rotatable bonds is 8. The molecule has 10 heteroatoms. The van der Waals surface area contributed by atoms with Crippen LogP contribution >= 0.6 is 24.0 Å². The van der Waals surface area contributed by atoms with E-state index in [0.29, 0.717) is 36.6 Å². The number of guanidine groups is 1. The SMILES string of the molecule is CCNC(=NCc1ccnn1C)NCCCc1nn(-c2ccccc2)c(N)c1C#N.I. The third-order valence-corrected chi connectivity index (χ3v) is 4.65. The molecule has 0 amide bonds. The number of nitrogen functional groups attached to an aromatic ring is 1. The Morgan fingerprint density at radius 1 is 1.23 bits per heavy atom. The van der Waals surface area contributed by atoms with Gasteiger partial charge in [-0.15, -0.1) is 24.0 Å². The maximum atomic E-state index is 9.52. The Bertz CT molecular complexity index is 1030. The van der Waals surface area contributed by atoms with Crippen LogP contribution in [0.15, 0.2) is 47.6 Å². The van der Waals surface area contributed by atoms with E-state index in [1.807, 2.05) is 55.1 Å². The summed E-state index contributed by atoms with van der Waals surface area (Å²) in [4.78, 5) is 4.59. The number of aliphatic imine (C=N–C) groups is 1. The third-order valence-electron chi connectivity index (χ3n) is 4.65. The summed E-state index contributed by atoms with van der Waals surface area (Å²) in [7, 11) is 1.90. The summed E-state index contributed by atoms with van der Waals surface area (Å²) >= 11 is 0.